The number of halogens is 4. The van der Waals surface area contributed by atoms with Gasteiger partial charge in [0.2, 0.25) is 0 Å². The highest BCUT2D eigenvalue weighted by Gasteiger charge is 2.35. The molecule has 0 amide bonds. The zero-order valence-corrected chi connectivity index (χ0v) is 12.7. The van der Waals surface area contributed by atoms with E-state index in [1.807, 2.05) is 0 Å². The Labute approximate surface area is 118 Å². The van der Waals surface area contributed by atoms with Crippen LogP contribution in [0.3, 0.4) is 0 Å². The summed E-state index contributed by atoms with van der Waals surface area (Å²) >= 11 is 7.26. The van der Waals surface area contributed by atoms with Crippen LogP contribution in [0.2, 0.25) is 0 Å². The zero-order valence-electron chi connectivity index (χ0n) is 8.68. The molecule has 0 unspecified atom stereocenters. The fraction of sp³-hybridized carbons (Fsp3) is 0.500. The third-order valence-corrected chi connectivity index (χ3v) is 5.79. The second kappa shape index (κ2) is 6.24. The molecule has 0 aliphatic carbocycles. The van der Waals surface area contributed by atoms with Crippen molar-refractivity contribution in [1.29, 1.82) is 0 Å². The minimum Gasteiger partial charge on any atom is -0.481 e. The molecule has 0 aliphatic rings. The quantitative estimate of drug-likeness (QED) is 0.692. The van der Waals surface area contributed by atoms with Gasteiger partial charge in [0.15, 0.2) is 0 Å². The fourth-order valence-electron chi connectivity index (χ4n) is 1.31. The lowest BCUT2D eigenvalue weighted by Gasteiger charge is -2.15. The average Bonchev–Trinajstić information content (AvgIpc) is 2.55. The number of aliphatic carboxylic acids is 1. The van der Waals surface area contributed by atoms with Crippen molar-refractivity contribution in [3.8, 4) is 0 Å². The molecule has 0 radical (unpaired) electrons. The van der Waals surface area contributed by atoms with E-state index >= 15 is 0 Å². The van der Waals surface area contributed by atoms with Gasteiger partial charge in [-0.2, -0.15) is 0 Å². The van der Waals surface area contributed by atoms with Crippen LogP contribution in [0.1, 0.15) is 30.6 Å². The first-order valence-corrected chi connectivity index (χ1v) is 7.33. The number of alkyl halides is 2. The van der Waals surface area contributed by atoms with Crippen LogP contribution >= 0.6 is 43.2 Å². The van der Waals surface area contributed by atoms with E-state index in [1.54, 1.807) is 5.38 Å². The van der Waals surface area contributed by atoms with Crippen molar-refractivity contribution in [2.45, 2.75) is 31.6 Å². The molecule has 0 aromatic carbocycles. The largest absolute Gasteiger partial charge is 0.481 e. The van der Waals surface area contributed by atoms with Crippen molar-refractivity contribution in [3.63, 3.8) is 0 Å². The molecule has 7 heteroatoms. The summed E-state index contributed by atoms with van der Waals surface area (Å²) in [5.41, 5.74) is 0. The van der Waals surface area contributed by atoms with Crippen LogP contribution in [-0.4, -0.2) is 11.1 Å². The molecule has 1 N–H and O–H groups in total. The summed E-state index contributed by atoms with van der Waals surface area (Å²) in [5.74, 6) is -3.86. The molecule has 2 nitrogen and oxygen atoms in total. The first kappa shape index (κ1) is 15.0. The Morgan fingerprint density at radius 2 is 2.06 bits per heavy atom. The van der Waals surface area contributed by atoms with Crippen LogP contribution in [0.4, 0.5) is 8.78 Å². The number of rotatable bonds is 6. The second-order valence-electron chi connectivity index (χ2n) is 3.53. The number of hydrogen-bond donors (Lipinski definition) is 1. The van der Waals surface area contributed by atoms with Crippen LogP contribution in [-0.2, 0) is 10.7 Å². The van der Waals surface area contributed by atoms with Crippen molar-refractivity contribution < 1.29 is 18.7 Å². The highest BCUT2D eigenvalue weighted by Crippen LogP contribution is 2.44. The van der Waals surface area contributed by atoms with E-state index in [-0.39, 0.29) is 30.6 Å². The molecule has 1 aromatic heterocycles. The van der Waals surface area contributed by atoms with Crippen LogP contribution in [0, 0.1) is 0 Å². The molecule has 0 bridgehead atoms. The van der Waals surface area contributed by atoms with E-state index in [9.17, 15) is 13.6 Å². The molecular formula is C10H10Br2F2O2S. The van der Waals surface area contributed by atoms with Crippen LogP contribution in [0.15, 0.2) is 14.3 Å². The summed E-state index contributed by atoms with van der Waals surface area (Å²) < 4.78 is 28.5. The standard InChI is InChI=1S/C10H10Br2F2O2S/c11-6-5-17-9(8(6)12)10(13,14)4-2-1-3-7(15)16/h5H,1-4H2,(H,15,16). The van der Waals surface area contributed by atoms with E-state index < -0.39 is 11.9 Å². The van der Waals surface area contributed by atoms with Gasteiger partial charge in [-0.3, -0.25) is 4.79 Å². The maximum atomic E-state index is 13.8. The Kier molecular flexibility index (Phi) is 5.53. The minimum absolute atomic E-state index is 0.0142. The number of carboxylic acid groups (broad SMARTS) is 1. The Morgan fingerprint density at radius 3 is 2.53 bits per heavy atom. The van der Waals surface area contributed by atoms with E-state index in [4.69, 9.17) is 5.11 Å². The highest BCUT2D eigenvalue weighted by atomic mass is 79.9. The van der Waals surface area contributed by atoms with Crippen LogP contribution in [0.5, 0.6) is 0 Å². The molecule has 0 saturated heterocycles. The molecule has 0 aliphatic heterocycles. The summed E-state index contributed by atoms with van der Waals surface area (Å²) in [5, 5.41) is 10.0. The summed E-state index contributed by atoms with van der Waals surface area (Å²) in [4.78, 5) is 10.2. The number of hydrogen-bond acceptors (Lipinski definition) is 2. The Bertz CT molecular complexity index is 407. The van der Waals surface area contributed by atoms with Crippen LogP contribution < -0.4 is 0 Å². The Balaban J connectivity index is 2.56. The van der Waals surface area contributed by atoms with Gasteiger partial charge in [-0.05, 0) is 44.7 Å². The first-order chi connectivity index (χ1) is 7.84. The van der Waals surface area contributed by atoms with Gasteiger partial charge >= 0.3 is 5.97 Å². The lowest BCUT2D eigenvalue weighted by atomic mass is 10.1. The summed E-state index contributed by atoms with van der Waals surface area (Å²) in [6, 6.07) is 0. The average molecular weight is 392 g/mol. The number of unbranched alkanes of at least 4 members (excludes halogenated alkanes) is 1. The van der Waals surface area contributed by atoms with Crippen molar-refractivity contribution in [3.05, 3.63) is 19.2 Å². The van der Waals surface area contributed by atoms with Crippen molar-refractivity contribution >= 4 is 49.2 Å². The normalized spacial score (nSPS) is 11.8. The number of carbonyl (C=O) groups is 1. The van der Waals surface area contributed by atoms with Gasteiger partial charge in [0.25, 0.3) is 5.92 Å². The molecule has 1 heterocycles. The lowest BCUT2D eigenvalue weighted by Crippen LogP contribution is -2.12. The molecule has 17 heavy (non-hydrogen) atoms. The third kappa shape index (κ3) is 4.30. The van der Waals surface area contributed by atoms with Crippen molar-refractivity contribution in [1.82, 2.24) is 0 Å². The molecule has 1 aromatic rings. The van der Waals surface area contributed by atoms with E-state index in [2.05, 4.69) is 31.9 Å². The molecule has 0 fully saturated rings. The molecule has 1 rings (SSSR count). The molecule has 0 saturated carbocycles. The van der Waals surface area contributed by atoms with Gasteiger partial charge in [0, 0.05) is 22.7 Å². The fourth-order valence-corrected chi connectivity index (χ4v) is 3.58. The molecular weight excluding hydrogens is 382 g/mol. The zero-order chi connectivity index (χ0) is 13.1. The third-order valence-electron chi connectivity index (χ3n) is 2.15. The summed E-state index contributed by atoms with van der Waals surface area (Å²) in [6.45, 7) is 0. The SMILES string of the molecule is O=C(O)CCCCC(F)(F)c1scc(Br)c1Br. The van der Waals surface area contributed by atoms with Gasteiger partial charge in [-0.25, -0.2) is 8.78 Å². The van der Waals surface area contributed by atoms with E-state index in [0.29, 0.717) is 8.95 Å². The predicted octanol–water partition coefficient (Wildman–Crippen LogP) is 5.01. The summed E-state index contributed by atoms with van der Waals surface area (Å²) in [6.07, 6.45) is 0.0769. The highest BCUT2D eigenvalue weighted by molar-refractivity contribution is 9.13. The van der Waals surface area contributed by atoms with Gasteiger partial charge in [-0.1, -0.05) is 0 Å². The maximum Gasteiger partial charge on any atom is 0.303 e. The Hall–Kier alpha value is -0.0100. The minimum atomic E-state index is -2.91. The topological polar surface area (TPSA) is 37.3 Å². The first-order valence-electron chi connectivity index (χ1n) is 4.87. The van der Waals surface area contributed by atoms with E-state index in [1.165, 1.54) is 0 Å². The monoisotopic (exact) mass is 390 g/mol. The van der Waals surface area contributed by atoms with Crippen molar-refractivity contribution in [2.75, 3.05) is 0 Å². The maximum absolute atomic E-state index is 13.8. The lowest BCUT2D eigenvalue weighted by molar-refractivity contribution is -0.137. The van der Waals surface area contributed by atoms with Crippen molar-refractivity contribution in [2.24, 2.45) is 0 Å². The molecule has 96 valence electrons. The number of carboxylic acids is 1. The van der Waals surface area contributed by atoms with Gasteiger partial charge < -0.3 is 5.11 Å². The summed E-state index contributed by atoms with van der Waals surface area (Å²) in [7, 11) is 0. The number of thiophene rings is 1. The van der Waals surface area contributed by atoms with Gasteiger partial charge in [0.1, 0.15) is 0 Å². The van der Waals surface area contributed by atoms with Gasteiger partial charge in [-0.15, -0.1) is 11.3 Å². The van der Waals surface area contributed by atoms with Crippen LogP contribution in [0.25, 0.3) is 0 Å². The smallest absolute Gasteiger partial charge is 0.303 e. The molecule has 0 atom stereocenters. The van der Waals surface area contributed by atoms with E-state index in [0.717, 1.165) is 11.3 Å². The predicted molar refractivity (Wildman–Crippen MR) is 69.7 cm³/mol. The molecule has 0 spiro atoms. The van der Waals surface area contributed by atoms with Gasteiger partial charge in [0.05, 0.1) is 9.35 Å². The second-order valence-corrected chi connectivity index (χ2v) is 6.06. The Morgan fingerprint density at radius 1 is 1.41 bits per heavy atom.